The summed E-state index contributed by atoms with van der Waals surface area (Å²) in [7, 11) is 1.72. The summed E-state index contributed by atoms with van der Waals surface area (Å²) in [5, 5.41) is 3.46. The molecule has 1 aliphatic carbocycles. The number of ether oxygens (including phenoxy) is 1. The van der Waals surface area contributed by atoms with Crippen molar-refractivity contribution in [3.8, 4) is 0 Å². The molecule has 0 aromatic carbocycles. The van der Waals surface area contributed by atoms with Gasteiger partial charge in [0.2, 0.25) is 0 Å². The van der Waals surface area contributed by atoms with Crippen molar-refractivity contribution in [3.05, 3.63) is 11.4 Å². The molecule has 5 nitrogen and oxygen atoms in total. The Morgan fingerprint density at radius 2 is 2.05 bits per heavy atom. The summed E-state index contributed by atoms with van der Waals surface area (Å²) in [5.41, 5.74) is 6.91. The Morgan fingerprint density at radius 1 is 1.37 bits per heavy atom. The molecule has 0 bridgehead atoms. The first-order valence-corrected chi connectivity index (χ1v) is 6.92. The van der Waals surface area contributed by atoms with E-state index in [1.54, 1.807) is 7.11 Å². The van der Waals surface area contributed by atoms with Crippen LogP contribution in [0.5, 0.6) is 0 Å². The zero-order valence-corrected chi connectivity index (χ0v) is 12.2. The summed E-state index contributed by atoms with van der Waals surface area (Å²) in [4.78, 5) is 9.03. The first kappa shape index (κ1) is 14.1. The van der Waals surface area contributed by atoms with Gasteiger partial charge in [-0.25, -0.2) is 9.97 Å². The van der Waals surface area contributed by atoms with Crippen LogP contribution < -0.4 is 11.1 Å². The fourth-order valence-corrected chi connectivity index (χ4v) is 1.97. The van der Waals surface area contributed by atoms with Crippen molar-refractivity contribution < 1.29 is 4.74 Å². The van der Waals surface area contributed by atoms with E-state index in [-0.39, 0.29) is 6.04 Å². The lowest BCUT2D eigenvalue weighted by Crippen LogP contribution is -2.31. The van der Waals surface area contributed by atoms with Crippen LogP contribution in [0.3, 0.4) is 0 Å². The van der Waals surface area contributed by atoms with Gasteiger partial charge in [0.25, 0.3) is 0 Å². The summed E-state index contributed by atoms with van der Waals surface area (Å²) in [6.45, 7) is 6.94. The van der Waals surface area contributed by atoms with Crippen molar-refractivity contribution in [1.82, 2.24) is 9.97 Å². The van der Waals surface area contributed by atoms with Crippen molar-refractivity contribution in [2.75, 3.05) is 24.8 Å². The SMILES string of the molecule is COCC(Nc1nc(C2CC2)nc(N)c1C)C(C)C. The predicted molar refractivity (Wildman–Crippen MR) is 77.3 cm³/mol. The van der Waals surface area contributed by atoms with Crippen LogP contribution in [0.2, 0.25) is 0 Å². The van der Waals surface area contributed by atoms with E-state index in [0.29, 0.717) is 24.3 Å². The number of hydrogen-bond acceptors (Lipinski definition) is 5. The highest BCUT2D eigenvalue weighted by atomic mass is 16.5. The van der Waals surface area contributed by atoms with Crippen LogP contribution in [0, 0.1) is 12.8 Å². The molecular formula is C14H24N4O. The average Bonchev–Trinajstić information content (AvgIpc) is 3.17. The molecule has 1 atom stereocenters. The minimum absolute atomic E-state index is 0.227. The number of methoxy groups -OCH3 is 1. The van der Waals surface area contributed by atoms with E-state index >= 15 is 0 Å². The number of nitrogens with two attached hydrogens (primary N) is 1. The Labute approximate surface area is 115 Å². The number of anilines is 2. The Morgan fingerprint density at radius 3 is 2.58 bits per heavy atom. The standard InChI is InChI=1S/C14H24N4O/c1-8(2)11(7-19-4)16-13-9(3)12(15)17-14(18-13)10-5-6-10/h8,10-11H,5-7H2,1-4H3,(H3,15,16,17,18). The molecule has 1 aromatic rings. The summed E-state index contributed by atoms with van der Waals surface area (Å²) in [6.07, 6.45) is 2.35. The molecule has 0 spiro atoms. The maximum atomic E-state index is 5.99. The number of rotatable bonds is 6. The fourth-order valence-electron chi connectivity index (χ4n) is 1.97. The van der Waals surface area contributed by atoms with Crippen molar-refractivity contribution >= 4 is 11.6 Å². The minimum atomic E-state index is 0.227. The van der Waals surface area contributed by atoms with Crippen LogP contribution in [-0.2, 0) is 4.74 Å². The van der Waals surface area contributed by atoms with Gasteiger partial charge >= 0.3 is 0 Å². The smallest absolute Gasteiger partial charge is 0.136 e. The molecule has 1 fully saturated rings. The van der Waals surface area contributed by atoms with Crippen LogP contribution in [-0.4, -0.2) is 29.7 Å². The topological polar surface area (TPSA) is 73.1 Å². The molecule has 0 amide bonds. The second kappa shape index (κ2) is 5.74. The lowest BCUT2D eigenvalue weighted by molar-refractivity contribution is 0.171. The number of nitrogens with zero attached hydrogens (tertiary/aromatic N) is 2. The monoisotopic (exact) mass is 264 g/mol. The van der Waals surface area contributed by atoms with E-state index in [1.165, 1.54) is 12.8 Å². The molecule has 19 heavy (non-hydrogen) atoms. The molecule has 0 saturated heterocycles. The van der Waals surface area contributed by atoms with Gasteiger partial charge in [-0.05, 0) is 25.7 Å². The van der Waals surface area contributed by atoms with Gasteiger partial charge in [0.15, 0.2) is 0 Å². The Bertz CT molecular complexity index is 443. The normalized spacial score (nSPS) is 16.7. The zero-order valence-electron chi connectivity index (χ0n) is 12.2. The molecule has 1 aromatic heterocycles. The molecule has 1 saturated carbocycles. The summed E-state index contributed by atoms with van der Waals surface area (Å²) in [5.74, 6) is 3.28. The highest BCUT2D eigenvalue weighted by Gasteiger charge is 2.28. The van der Waals surface area contributed by atoms with Gasteiger partial charge < -0.3 is 15.8 Å². The van der Waals surface area contributed by atoms with Crippen LogP contribution in [0.25, 0.3) is 0 Å². The molecular weight excluding hydrogens is 240 g/mol. The third kappa shape index (κ3) is 3.35. The van der Waals surface area contributed by atoms with E-state index < -0.39 is 0 Å². The summed E-state index contributed by atoms with van der Waals surface area (Å²) in [6, 6.07) is 0.227. The van der Waals surface area contributed by atoms with Crippen LogP contribution in [0.4, 0.5) is 11.6 Å². The maximum absolute atomic E-state index is 5.99. The van der Waals surface area contributed by atoms with Gasteiger partial charge in [-0.3, -0.25) is 0 Å². The van der Waals surface area contributed by atoms with Gasteiger partial charge in [0, 0.05) is 18.6 Å². The van der Waals surface area contributed by atoms with E-state index in [1.807, 2.05) is 6.92 Å². The van der Waals surface area contributed by atoms with Crippen molar-refractivity contribution in [2.24, 2.45) is 5.92 Å². The fraction of sp³-hybridized carbons (Fsp3) is 0.714. The first-order chi connectivity index (χ1) is 9.02. The highest BCUT2D eigenvalue weighted by molar-refractivity contribution is 5.55. The quantitative estimate of drug-likeness (QED) is 0.825. The first-order valence-electron chi connectivity index (χ1n) is 6.92. The third-order valence-corrected chi connectivity index (χ3v) is 3.62. The molecule has 2 rings (SSSR count). The molecule has 1 aliphatic rings. The average molecular weight is 264 g/mol. The number of nitrogens with one attached hydrogen (secondary N) is 1. The molecule has 0 aliphatic heterocycles. The Kier molecular flexibility index (Phi) is 4.24. The van der Waals surface area contributed by atoms with E-state index in [0.717, 1.165) is 17.2 Å². The Balaban J connectivity index is 2.22. The maximum Gasteiger partial charge on any atom is 0.136 e. The lowest BCUT2D eigenvalue weighted by Gasteiger charge is -2.23. The Hall–Kier alpha value is -1.36. The van der Waals surface area contributed by atoms with Crippen molar-refractivity contribution in [2.45, 2.75) is 45.6 Å². The van der Waals surface area contributed by atoms with Crippen LogP contribution >= 0.6 is 0 Å². The molecule has 5 heteroatoms. The van der Waals surface area contributed by atoms with Gasteiger partial charge in [0.05, 0.1) is 12.6 Å². The number of aromatic nitrogens is 2. The van der Waals surface area contributed by atoms with Crippen LogP contribution in [0.15, 0.2) is 0 Å². The number of nitrogen functional groups attached to an aromatic ring is 1. The molecule has 106 valence electrons. The summed E-state index contributed by atoms with van der Waals surface area (Å²) < 4.78 is 5.26. The largest absolute Gasteiger partial charge is 0.383 e. The lowest BCUT2D eigenvalue weighted by atomic mass is 10.1. The van der Waals surface area contributed by atoms with Gasteiger partial charge in [0.1, 0.15) is 17.5 Å². The van der Waals surface area contributed by atoms with Crippen molar-refractivity contribution in [1.29, 1.82) is 0 Å². The molecule has 0 radical (unpaired) electrons. The van der Waals surface area contributed by atoms with E-state index in [9.17, 15) is 0 Å². The predicted octanol–water partition coefficient (Wildman–Crippen LogP) is 2.33. The van der Waals surface area contributed by atoms with E-state index in [2.05, 4.69) is 29.1 Å². The van der Waals surface area contributed by atoms with Crippen molar-refractivity contribution in [3.63, 3.8) is 0 Å². The highest BCUT2D eigenvalue weighted by Crippen LogP contribution is 2.39. The number of hydrogen-bond donors (Lipinski definition) is 2. The molecule has 1 heterocycles. The zero-order chi connectivity index (χ0) is 14.0. The second-order valence-corrected chi connectivity index (χ2v) is 5.67. The molecule has 1 unspecified atom stereocenters. The minimum Gasteiger partial charge on any atom is -0.383 e. The molecule has 3 N–H and O–H groups in total. The van der Waals surface area contributed by atoms with E-state index in [4.69, 9.17) is 10.5 Å². The third-order valence-electron chi connectivity index (χ3n) is 3.62. The van der Waals surface area contributed by atoms with Gasteiger partial charge in [-0.2, -0.15) is 0 Å². The van der Waals surface area contributed by atoms with Crippen LogP contribution in [0.1, 0.15) is 44.0 Å². The second-order valence-electron chi connectivity index (χ2n) is 5.67. The van der Waals surface area contributed by atoms with Gasteiger partial charge in [-0.15, -0.1) is 0 Å². The van der Waals surface area contributed by atoms with Gasteiger partial charge in [-0.1, -0.05) is 13.8 Å². The summed E-state index contributed by atoms with van der Waals surface area (Å²) >= 11 is 0.